The molecule has 0 nitrogen and oxygen atoms in total. The molecule has 0 aliphatic heterocycles. The maximum Gasteiger partial charge on any atom is -0.0285 e. The fourth-order valence-corrected chi connectivity index (χ4v) is 1.27. The van der Waals surface area contributed by atoms with Crippen LogP contribution in [-0.2, 0) is 0 Å². The van der Waals surface area contributed by atoms with Crippen molar-refractivity contribution in [2.24, 2.45) is 0 Å². The van der Waals surface area contributed by atoms with Crippen molar-refractivity contribution in [1.82, 2.24) is 0 Å². The summed E-state index contributed by atoms with van der Waals surface area (Å²) in [6.45, 7) is 10.9. The summed E-state index contributed by atoms with van der Waals surface area (Å²) in [5, 5.41) is 0. The Labute approximate surface area is 89.4 Å². The normalized spacial score (nSPS) is 14.8. The zero-order chi connectivity index (χ0) is 11.0. The van der Waals surface area contributed by atoms with Crippen molar-refractivity contribution in [1.29, 1.82) is 0 Å². The molecule has 0 heteroatoms. The van der Waals surface area contributed by atoms with Crippen molar-refractivity contribution in [3.05, 3.63) is 34.9 Å². The van der Waals surface area contributed by atoms with E-state index >= 15 is 0 Å². The van der Waals surface area contributed by atoms with E-state index in [2.05, 4.69) is 52.8 Å². The van der Waals surface area contributed by atoms with Gasteiger partial charge in [0.1, 0.15) is 0 Å². The van der Waals surface area contributed by atoms with Crippen molar-refractivity contribution >= 4 is 0 Å². The molecule has 0 aliphatic rings. The molecule has 0 atom stereocenters. The lowest BCUT2D eigenvalue weighted by molar-refractivity contribution is 0.923. The first-order valence-corrected chi connectivity index (χ1v) is 5.65. The van der Waals surface area contributed by atoms with E-state index in [1.807, 2.05) is 0 Å². The van der Waals surface area contributed by atoms with Gasteiger partial charge in [-0.3, -0.25) is 0 Å². The second-order valence-electron chi connectivity index (χ2n) is 3.76. The van der Waals surface area contributed by atoms with E-state index in [-0.39, 0.29) is 0 Å². The van der Waals surface area contributed by atoms with Crippen LogP contribution in [0.3, 0.4) is 0 Å². The van der Waals surface area contributed by atoms with E-state index in [1.54, 1.807) is 0 Å². The molecule has 0 amide bonds. The van der Waals surface area contributed by atoms with E-state index in [0.717, 1.165) is 6.42 Å². The first-order chi connectivity index (χ1) is 6.65. The summed E-state index contributed by atoms with van der Waals surface area (Å²) in [5.74, 6) is 0. The van der Waals surface area contributed by atoms with Gasteiger partial charge in [-0.1, -0.05) is 55.2 Å². The molecule has 0 rings (SSSR count). The van der Waals surface area contributed by atoms with Crippen molar-refractivity contribution in [3.63, 3.8) is 0 Å². The molecule has 0 aromatic heterocycles. The summed E-state index contributed by atoms with van der Waals surface area (Å²) in [5.41, 5.74) is 4.33. The van der Waals surface area contributed by atoms with Gasteiger partial charge in [0, 0.05) is 0 Å². The maximum atomic E-state index is 2.25. The largest absolute Gasteiger partial charge is 0.0844 e. The molecule has 0 spiro atoms. The van der Waals surface area contributed by atoms with Gasteiger partial charge < -0.3 is 0 Å². The highest BCUT2D eigenvalue weighted by atomic mass is 14.0. The quantitative estimate of drug-likeness (QED) is 0.536. The van der Waals surface area contributed by atoms with Gasteiger partial charge in [0.15, 0.2) is 0 Å². The summed E-state index contributed by atoms with van der Waals surface area (Å²) in [4.78, 5) is 0. The minimum absolute atomic E-state index is 1.15. The Hall–Kier alpha value is -0.780. The predicted octanol–water partition coefficient (Wildman–Crippen LogP) is 5.04. The van der Waals surface area contributed by atoms with E-state index in [4.69, 9.17) is 0 Å². The van der Waals surface area contributed by atoms with Gasteiger partial charge >= 0.3 is 0 Å². The molecular weight excluding hydrogens is 168 g/mol. The molecule has 0 fully saturated rings. The van der Waals surface area contributed by atoms with Gasteiger partial charge in [-0.15, -0.1) is 0 Å². The van der Waals surface area contributed by atoms with E-state index in [1.165, 1.54) is 29.6 Å². The Bertz CT molecular complexity index is 239. The zero-order valence-electron chi connectivity index (χ0n) is 10.4. The second-order valence-corrected chi connectivity index (χ2v) is 3.76. The molecule has 0 radical (unpaired) electrons. The van der Waals surface area contributed by atoms with Gasteiger partial charge in [-0.05, 0) is 33.6 Å². The van der Waals surface area contributed by atoms with Gasteiger partial charge in [-0.2, -0.15) is 0 Å². The third-order valence-corrected chi connectivity index (χ3v) is 2.66. The number of rotatable bonds is 5. The molecule has 80 valence electrons. The first kappa shape index (κ1) is 13.2. The van der Waals surface area contributed by atoms with Crippen molar-refractivity contribution in [2.45, 2.75) is 53.9 Å². The van der Waals surface area contributed by atoms with Crippen molar-refractivity contribution in [3.8, 4) is 0 Å². The van der Waals surface area contributed by atoms with Crippen LogP contribution in [-0.4, -0.2) is 0 Å². The zero-order valence-corrected chi connectivity index (χ0v) is 10.4. The van der Waals surface area contributed by atoms with Gasteiger partial charge in [0.05, 0.1) is 0 Å². The Kier molecular flexibility index (Phi) is 7.18. The minimum atomic E-state index is 1.15. The van der Waals surface area contributed by atoms with Crippen LogP contribution in [0.25, 0.3) is 0 Å². The first-order valence-electron chi connectivity index (χ1n) is 5.65. The van der Waals surface area contributed by atoms with E-state index in [0.29, 0.717) is 0 Å². The van der Waals surface area contributed by atoms with E-state index in [9.17, 15) is 0 Å². The molecular formula is C14H24. The lowest BCUT2D eigenvalue weighted by Gasteiger charge is -2.01. The third-order valence-electron chi connectivity index (χ3n) is 2.66. The highest BCUT2D eigenvalue weighted by Gasteiger charge is 1.91. The monoisotopic (exact) mass is 192 g/mol. The Balaban J connectivity index is 4.42. The summed E-state index contributed by atoms with van der Waals surface area (Å²) in [7, 11) is 0. The number of hydrogen-bond acceptors (Lipinski definition) is 0. The highest BCUT2D eigenvalue weighted by molar-refractivity contribution is 5.29. The lowest BCUT2D eigenvalue weighted by Crippen LogP contribution is -1.80. The lowest BCUT2D eigenvalue weighted by atomic mass is 10.1. The Morgan fingerprint density at radius 3 is 2.14 bits per heavy atom. The van der Waals surface area contributed by atoms with Crippen LogP contribution >= 0.6 is 0 Å². The van der Waals surface area contributed by atoms with Gasteiger partial charge in [0.25, 0.3) is 0 Å². The Morgan fingerprint density at radius 2 is 1.71 bits per heavy atom. The van der Waals surface area contributed by atoms with Crippen LogP contribution in [0.1, 0.15) is 53.9 Å². The standard InChI is InChI=1S/C14H24/c1-6-9-14(8-3)11-10-13(5)12(4)7-2/h8,10-11H,6-7,9H2,1-5H3/b11-10-,13-12-,14-8-. The highest BCUT2D eigenvalue weighted by Crippen LogP contribution is 2.12. The molecule has 0 heterocycles. The van der Waals surface area contributed by atoms with Crippen LogP contribution in [0, 0.1) is 0 Å². The molecule has 0 N–H and O–H groups in total. The molecule has 0 unspecified atom stereocenters. The Morgan fingerprint density at radius 1 is 1.07 bits per heavy atom. The SMILES string of the molecule is C\C=C(/C=C\C(C)=C(\C)CC)CCC. The smallest absolute Gasteiger partial charge is 0.0285 e. The summed E-state index contributed by atoms with van der Waals surface area (Å²) < 4.78 is 0. The fraction of sp³-hybridized carbons (Fsp3) is 0.571. The summed E-state index contributed by atoms with van der Waals surface area (Å²) >= 11 is 0. The van der Waals surface area contributed by atoms with Crippen LogP contribution in [0.15, 0.2) is 34.9 Å². The summed E-state index contributed by atoms with van der Waals surface area (Å²) in [6, 6.07) is 0. The molecule has 0 aromatic carbocycles. The van der Waals surface area contributed by atoms with Crippen LogP contribution in [0.5, 0.6) is 0 Å². The average Bonchev–Trinajstić information content (AvgIpc) is 2.22. The molecule has 0 saturated carbocycles. The van der Waals surface area contributed by atoms with Crippen LogP contribution in [0.2, 0.25) is 0 Å². The average molecular weight is 192 g/mol. The molecule has 0 saturated heterocycles. The summed E-state index contributed by atoms with van der Waals surface area (Å²) in [6.07, 6.45) is 10.2. The molecule has 14 heavy (non-hydrogen) atoms. The third kappa shape index (κ3) is 5.06. The van der Waals surface area contributed by atoms with Crippen LogP contribution in [0.4, 0.5) is 0 Å². The fourth-order valence-electron chi connectivity index (χ4n) is 1.27. The minimum Gasteiger partial charge on any atom is -0.0844 e. The van der Waals surface area contributed by atoms with Crippen molar-refractivity contribution < 1.29 is 0 Å². The number of allylic oxidation sites excluding steroid dienone is 6. The number of hydrogen-bond donors (Lipinski definition) is 0. The van der Waals surface area contributed by atoms with Gasteiger partial charge in [-0.25, -0.2) is 0 Å². The van der Waals surface area contributed by atoms with Crippen LogP contribution < -0.4 is 0 Å². The molecule has 0 bridgehead atoms. The van der Waals surface area contributed by atoms with Crippen molar-refractivity contribution in [2.75, 3.05) is 0 Å². The topological polar surface area (TPSA) is 0 Å². The van der Waals surface area contributed by atoms with Gasteiger partial charge in [0.2, 0.25) is 0 Å². The second kappa shape index (κ2) is 7.61. The maximum absolute atomic E-state index is 2.25. The molecule has 0 aromatic rings. The predicted molar refractivity (Wildman–Crippen MR) is 66.5 cm³/mol. The molecule has 0 aliphatic carbocycles. The van der Waals surface area contributed by atoms with E-state index < -0.39 is 0 Å².